The summed E-state index contributed by atoms with van der Waals surface area (Å²) in [5, 5.41) is 2.92. The Morgan fingerprint density at radius 1 is 0.972 bits per heavy atom. The van der Waals surface area contributed by atoms with Gasteiger partial charge in [0.25, 0.3) is 0 Å². The Balaban J connectivity index is 2.17. The van der Waals surface area contributed by atoms with Crippen LogP contribution in [0.5, 0.6) is 0 Å². The fraction of sp³-hybridized carbons (Fsp3) is 0.500. The summed E-state index contributed by atoms with van der Waals surface area (Å²) in [5.41, 5.74) is 4.58. The van der Waals surface area contributed by atoms with Gasteiger partial charge in [-0.25, -0.2) is 8.42 Å². The molecule has 0 fully saturated rings. The van der Waals surface area contributed by atoms with Crippen molar-refractivity contribution < 1.29 is 18.0 Å². The summed E-state index contributed by atoms with van der Waals surface area (Å²) in [7, 11) is -3.52. The number of nitrogens with one attached hydrogen (secondary N) is 1. The van der Waals surface area contributed by atoms with E-state index in [-0.39, 0.29) is 24.8 Å². The zero-order valence-electron chi connectivity index (χ0n) is 22.5. The van der Waals surface area contributed by atoms with Crippen LogP contribution in [0.1, 0.15) is 61.8 Å². The van der Waals surface area contributed by atoms with E-state index in [4.69, 9.17) is 0 Å². The lowest BCUT2D eigenvalue weighted by atomic mass is 10.1. The van der Waals surface area contributed by atoms with Crippen molar-refractivity contribution in [1.29, 1.82) is 0 Å². The maximum atomic E-state index is 13.4. The lowest BCUT2D eigenvalue weighted by Crippen LogP contribution is -2.48. The summed E-state index contributed by atoms with van der Waals surface area (Å²) in [6.45, 7) is 10.7. The minimum Gasteiger partial charge on any atom is -0.354 e. The van der Waals surface area contributed by atoms with E-state index in [2.05, 4.69) is 12.2 Å². The highest BCUT2D eigenvalue weighted by atomic mass is 32.2. The second-order valence-corrected chi connectivity index (χ2v) is 11.5. The molecule has 36 heavy (non-hydrogen) atoms. The largest absolute Gasteiger partial charge is 0.354 e. The van der Waals surface area contributed by atoms with Crippen LogP contribution in [-0.2, 0) is 26.2 Å². The molecule has 0 heterocycles. The molecule has 1 N–H and O–H groups in total. The molecule has 2 rings (SSSR count). The summed E-state index contributed by atoms with van der Waals surface area (Å²) in [6, 6.07) is 12.9. The van der Waals surface area contributed by atoms with Gasteiger partial charge in [-0.3, -0.25) is 13.9 Å². The Morgan fingerprint density at radius 3 is 2.22 bits per heavy atom. The monoisotopic (exact) mass is 515 g/mol. The zero-order valence-corrected chi connectivity index (χ0v) is 23.3. The van der Waals surface area contributed by atoms with Crippen molar-refractivity contribution in [1.82, 2.24) is 10.2 Å². The predicted octanol–water partition coefficient (Wildman–Crippen LogP) is 4.49. The summed E-state index contributed by atoms with van der Waals surface area (Å²) < 4.78 is 26.4. The molecule has 0 saturated heterocycles. The van der Waals surface area contributed by atoms with Crippen molar-refractivity contribution in [3.8, 4) is 0 Å². The van der Waals surface area contributed by atoms with Crippen LogP contribution in [-0.4, -0.2) is 50.5 Å². The molecule has 0 aliphatic rings. The molecule has 0 spiro atoms. The Labute approximate surface area is 216 Å². The van der Waals surface area contributed by atoms with Crippen LogP contribution in [0, 0.1) is 20.8 Å². The van der Waals surface area contributed by atoms with Crippen molar-refractivity contribution in [3.63, 3.8) is 0 Å². The third-order valence-corrected chi connectivity index (χ3v) is 7.27. The fourth-order valence-corrected chi connectivity index (χ4v) is 5.17. The van der Waals surface area contributed by atoms with Crippen LogP contribution in [0.25, 0.3) is 0 Å². The number of amides is 2. The van der Waals surface area contributed by atoms with E-state index in [1.165, 1.54) is 10.6 Å². The lowest BCUT2D eigenvalue weighted by Gasteiger charge is -2.29. The number of hydrogen-bond donors (Lipinski definition) is 1. The Morgan fingerprint density at radius 2 is 1.64 bits per heavy atom. The summed E-state index contributed by atoms with van der Waals surface area (Å²) >= 11 is 0. The topological polar surface area (TPSA) is 86.8 Å². The molecule has 0 bridgehead atoms. The minimum atomic E-state index is -3.52. The first-order valence-corrected chi connectivity index (χ1v) is 14.5. The average Bonchev–Trinajstić information content (AvgIpc) is 2.78. The van der Waals surface area contributed by atoms with E-state index < -0.39 is 16.1 Å². The van der Waals surface area contributed by atoms with Gasteiger partial charge in [0, 0.05) is 26.1 Å². The number of rotatable bonds is 13. The SMILES string of the molecule is CCCCNC(=O)[C@H](C)N(Cc1cccc(C)c1)C(=O)CCCN(c1cc(C)cc(C)c1)S(C)(=O)=O. The zero-order chi connectivity index (χ0) is 26.9. The van der Waals surface area contributed by atoms with Crippen LogP contribution in [0.2, 0.25) is 0 Å². The van der Waals surface area contributed by atoms with Gasteiger partial charge in [0.1, 0.15) is 6.04 Å². The minimum absolute atomic E-state index is 0.134. The van der Waals surface area contributed by atoms with Gasteiger partial charge in [0.2, 0.25) is 21.8 Å². The number of hydrogen-bond acceptors (Lipinski definition) is 4. The van der Waals surface area contributed by atoms with E-state index >= 15 is 0 Å². The van der Waals surface area contributed by atoms with E-state index in [9.17, 15) is 18.0 Å². The third kappa shape index (κ3) is 8.97. The third-order valence-electron chi connectivity index (χ3n) is 6.08. The normalized spacial score (nSPS) is 12.2. The van der Waals surface area contributed by atoms with Crippen molar-refractivity contribution in [2.45, 2.75) is 72.9 Å². The molecule has 198 valence electrons. The number of aryl methyl sites for hydroxylation is 3. The highest BCUT2D eigenvalue weighted by Crippen LogP contribution is 2.22. The van der Waals surface area contributed by atoms with E-state index in [1.807, 2.05) is 63.2 Å². The van der Waals surface area contributed by atoms with Crippen molar-refractivity contribution in [3.05, 3.63) is 64.7 Å². The Bertz CT molecular complexity index is 1130. The van der Waals surface area contributed by atoms with Crippen LogP contribution < -0.4 is 9.62 Å². The maximum absolute atomic E-state index is 13.4. The highest BCUT2D eigenvalue weighted by Gasteiger charge is 2.26. The Kier molecular flexibility index (Phi) is 11.0. The smallest absolute Gasteiger partial charge is 0.242 e. The molecular formula is C28H41N3O4S. The quantitative estimate of drug-likeness (QED) is 0.398. The molecule has 8 heteroatoms. The van der Waals surface area contributed by atoms with Gasteiger partial charge in [0.05, 0.1) is 11.9 Å². The number of anilines is 1. The van der Waals surface area contributed by atoms with Gasteiger partial charge in [-0.05, 0) is 69.4 Å². The molecular weight excluding hydrogens is 474 g/mol. The molecule has 1 atom stereocenters. The molecule has 0 aliphatic heterocycles. The summed E-state index contributed by atoms with van der Waals surface area (Å²) in [5.74, 6) is -0.360. The maximum Gasteiger partial charge on any atom is 0.242 e. The molecule has 0 saturated carbocycles. The van der Waals surface area contributed by atoms with Crippen molar-refractivity contribution >= 4 is 27.5 Å². The lowest BCUT2D eigenvalue weighted by molar-refractivity contribution is -0.140. The molecule has 2 amide bonds. The number of carbonyl (C=O) groups is 2. The van der Waals surface area contributed by atoms with Crippen LogP contribution in [0.4, 0.5) is 5.69 Å². The highest BCUT2D eigenvalue weighted by molar-refractivity contribution is 7.92. The first kappa shape index (κ1) is 29.4. The molecule has 7 nitrogen and oxygen atoms in total. The second kappa shape index (κ2) is 13.4. The van der Waals surface area contributed by atoms with Gasteiger partial charge in [-0.15, -0.1) is 0 Å². The Hall–Kier alpha value is -2.87. The molecule has 2 aromatic carbocycles. The predicted molar refractivity (Wildman–Crippen MR) is 146 cm³/mol. The first-order chi connectivity index (χ1) is 16.9. The second-order valence-electron chi connectivity index (χ2n) is 9.62. The molecule has 2 aromatic rings. The van der Waals surface area contributed by atoms with Gasteiger partial charge in [-0.1, -0.05) is 49.2 Å². The molecule has 0 radical (unpaired) electrons. The van der Waals surface area contributed by atoms with E-state index in [1.54, 1.807) is 11.8 Å². The fourth-order valence-electron chi connectivity index (χ4n) is 4.22. The van der Waals surface area contributed by atoms with Crippen LogP contribution >= 0.6 is 0 Å². The molecule has 0 unspecified atom stereocenters. The average molecular weight is 516 g/mol. The van der Waals surface area contributed by atoms with E-state index in [0.717, 1.165) is 35.1 Å². The number of unbranched alkanes of at least 4 members (excludes halogenated alkanes) is 1. The number of sulfonamides is 1. The number of nitrogens with zero attached hydrogens (tertiary/aromatic N) is 2. The standard InChI is InChI=1S/C28H41N3O4S/c1-7-8-14-29-28(33)24(5)30(20-25-12-9-11-21(2)17-25)27(32)13-10-15-31(36(6,34)35)26-18-22(3)16-23(4)19-26/h9,11-12,16-19,24H,7-8,10,13-15,20H2,1-6H3,(H,29,33)/t24-/m0/s1. The number of benzene rings is 2. The summed E-state index contributed by atoms with van der Waals surface area (Å²) in [4.78, 5) is 27.7. The van der Waals surface area contributed by atoms with E-state index in [0.29, 0.717) is 25.2 Å². The van der Waals surface area contributed by atoms with Crippen LogP contribution in [0.3, 0.4) is 0 Å². The van der Waals surface area contributed by atoms with Gasteiger partial charge >= 0.3 is 0 Å². The molecule has 0 aliphatic carbocycles. The summed E-state index contributed by atoms with van der Waals surface area (Å²) in [6.07, 6.45) is 3.50. The van der Waals surface area contributed by atoms with Gasteiger partial charge in [0.15, 0.2) is 0 Å². The van der Waals surface area contributed by atoms with Gasteiger partial charge < -0.3 is 10.2 Å². The van der Waals surface area contributed by atoms with Crippen molar-refractivity contribution in [2.75, 3.05) is 23.7 Å². The van der Waals surface area contributed by atoms with Gasteiger partial charge in [-0.2, -0.15) is 0 Å². The van der Waals surface area contributed by atoms with Crippen molar-refractivity contribution in [2.24, 2.45) is 0 Å². The first-order valence-electron chi connectivity index (χ1n) is 12.6. The molecule has 0 aromatic heterocycles. The van der Waals surface area contributed by atoms with Crippen LogP contribution in [0.15, 0.2) is 42.5 Å². The number of carbonyl (C=O) groups excluding carboxylic acids is 2.